The summed E-state index contributed by atoms with van der Waals surface area (Å²) in [7, 11) is 0. The predicted molar refractivity (Wildman–Crippen MR) is 92.9 cm³/mol. The summed E-state index contributed by atoms with van der Waals surface area (Å²) in [6, 6.07) is 10.5. The molecule has 1 N–H and O–H groups in total. The normalized spacial score (nSPS) is 34.3. The van der Waals surface area contributed by atoms with Gasteiger partial charge in [-0.3, -0.25) is 9.69 Å². The zero-order valence-corrected chi connectivity index (χ0v) is 14.1. The van der Waals surface area contributed by atoms with Gasteiger partial charge in [-0.1, -0.05) is 44.0 Å². The van der Waals surface area contributed by atoms with Gasteiger partial charge in [-0.25, -0.2) is 0 Å². The lowest BCUT2D eigenvalue weighted by Crippen LogP contribution is -2.33. The van der Waals surface area contributed by atoms with E-state index in [1.165, 1.54) is 50.8 Å². The van der Waals surface area contributed by atoms with Gasteiger partial charge < -0.3 is 5.32 Å². The number of nitrogens with zero attached hydrogens (tertiary/aromatic N) is 1. The summed E-state index contributed by atoms with van der Waals surface area (Å²) in [5.74, 6) is 1.38. The van der Waals surface area contributed by atoms with Crippen LogP contribution in [0.3, 0.4) is 0 Å². The van der Waals surface area contributed by atoms with Crippen molar-refractivity contribution in [3.63, 3.8) is 0 Å². The SMILES string of the molecule is C[C@H](c1ccc(C=O)cc1)[C@H]1C[C@H](CNC2CCCC2)[C@@H]2CN12. The van der Waals surface area contributed by atoms with Gasteiger partial charge in [0.1, 0.15) is 6.29 Å². The molecule has 3 heteroatoms. The van der Waals surface area contributed by atoms with Crippen molar-refractivity contribution in [3.05, 3.63) is 35.4 Å². The molecule has 0 spiro atoms. The van der Waals surface area contributed by atoms with Crippen molar-refractivity contribution in [1.82, 2.24) is 10.2 Å². The van der Waals surface area contributed by atoms with Crippen molar-refractivity contribution in [1.29, 1.82) is 0 Å². The van der Waals surface area contributed by atoms with Crippen molar-refractivity contribution < 1.29 is 4.79 Å². The van der Waals surface area contributed by atoms with E-state index in [1.54, 1.807) is 0 Å². The van der Waals surface area contributed by atoms with Crippen molar-refractivity contribution in [2.24, 2.45) is 5.92 Å². The molecule has 4 rings (SSSR count). The fourth-order valence-electron chi connectivity index (χ4n) is 4.83. The minimum atomic E-state index is 0.553. The first-order chi connectivity index (χ1) is 11.3. The fraction of sp³-hybridized carbons (Fsp3) is 0.650. The molecular weight excluding hydrogens is 284 g/mol. The first-order valence-electron chi connectivity index (χ1n) is 9.30. The molecule has 0 amide bonds. The highest BCUT2D eigenvalue weighted by molar-refractivity contribution is 5.74. The number of carbonyl (C=O) groups excluding carboxylic acids is 1. The van der Waals surface area contributed by atoms with Crippen LogP contribution in [0.4, 0.5) is 0 Å². The number of fused-ring (bicyclic) bond motifs is 1. The van der Waals surface area contributed by atoms with E-state index in [0.717, 1.165) is 29.9 Å². The molecule has 1 aromatic rings. The summed E-state index contributed by atoms with van der Waals surface area (Å²) in [5.41, 5.74) is 2.14. The van der Waals surface area contributed by atoms with E-state index in [4.69, 9.17) is 0 Å². The zero-order valence-electron chi connectivity index (χ0n) is 14.1. The van der Waals surface area contributed by atoms with Crippen LogP contribution in [0.25, 0.3) is 0 Å². The molecule has 0 radical (unpaired) electrons. The van der Waals surface area contributed by atoms with Crippen LogP contribution in [-0.2, 0) is 0 Å². The molecule has 3 aliphatic rings. The first kappa shape index (κ1) is 15.3. The molecule has 1 aromatic carbocycles. The van der Waals surface area contributed by atoms with Crippen molar-refractivity contribution in [3.8, 4) is 0 Å². The molecule has 3 fully saturated rings. The van der Waals surface area contributed by atoms with Gasteiger partial charge in [0, 0.05) is 30.2 Å². The Hall–Kier alpha value is -1.19. The van der Waals surface area contributed by atoms with Gasteiger partial charge in [0.15, 0.2) is 0 Å². The average Bonchev–Trinajstić information content (AvgIpc) is 3.05. The third kappa shape index (κ3) is 3.09. The first-order valence-corrected chi connectivity index (χ1v) is 9.30. The molecule has 2 aliphatic heterocycles. The van der Waals surface area contributed by atoms with Crippen molar-refractivity contribution >= 4 is 6.29 Å². The van der Waals surface area contributed by atoms with Crippen LogP contribution < -0.4 is 5.32 Å². The second-order valence-electron chi connectivity index (χ2n) is 7.79. The summed E-state index contributed by atoms with van der Waals surface area (Å²) in [6.45, 7) is 4.85. The average molecular weight is 312 g/mol. The molecule has 23 heavy (non-hydrogen) atoms. The van der Waals surface area contributed by atoms with E-state index in [1.807, 2.05) is 12.1 Å². The Morgan fingerprint density at radius 1 is 1.26 bits per heavy atom. The van der Waals surface area contributed by atoms with Crippen LogP contribution in [0.5, 0.6) is 0 Å². The molecular formula is C20H28N2O. The molecule has 3 nitrogen and oxygen atoms in total. The van der Waals surface area contributed by atoms with Gasteiger partial charge in [-0.2, -0.15) is 0 Å². The van der Waals surface area contributed by atoms with Gasteiger partial charge in [0.2, 0.25) is 0 Å². The van der Waals surface area contributed by atoms with E-state index in [0.29, 0.717) is 12.0 Å². The maximum absolute atomic E-state index is 10.8. The number of benzene rings is 1. The number of carbonyl (C=O) groups is 1. The minimum Gasteiger partial charge on any atom is -0.314 e. The number of rotatable bonds is 6. The zero-order chi connectivity index (χ0) is 15.8. The molecule has 1 saturated carbocycles. The Balaban J connectivity index is 1.35. The molecule has 2 saturated heterocycles. The third-order valence-electron chi connectivity index (χ3n) is 6.40. The van der Waals surface area contributed by atoms with Crippen molar-refractivity contribution in [2.45, 2.75) is 63.1 Å². The molecule has 0 aromatic heterocycles. The molecule has 2 heterocycles. The minimum absolute atomic E-state index is 0.553. The second kappa shape index (κ2) is 6.37. The standard InChI is InChI=1S/C20H28N2O/c1-14(16-8-6-15(13-23)7-9-16)19-10-17(20-12-22(19)20)11-21-18-4-2-3-5-18/h6-9,13-14,17-21H,2-5,10-12H2,1H3/t14-,17-,19-,20+,22?/m1/s1. The van der Waals surface area contributed by atoms with Gasteiger partial charge in [0.25, 0.3) is 0 Å². The lowest BCUT2D eigenvalue weighted by atomic mass is 9.87. The number of hydrogen-bond donors (Lipinski definition) is 1. The molecule has 1 unspecified atom stereocenters. The Kier molecular flexibility index (Phi) is 4.25. The molecule has 5 atom stereocenters. The molecule has 124 valence electrons. The second-order valence-corrected chi connectivity index (χ2v) is 7.79. The fourth-order valence-corrected chi connectivity index (χ4v) is 4.83. The predicted octanol–water partition coefficient (Wildman–Crippen LogP) is 3.21. The van der Waals surface area contributed by atoms with Crippen molar-refractivity contribution in [2.75, 3.05) is 13.1 Å². The van der Waals surface area contributed by atoms with E-state index < -0.39 is 0 Å². The number of nitrogens with one attached hydrogen (secondary N) is 1. The number of hydrogen-bond acceptors (Lipinski definition) is 3. The Morgan fingerprint density at radius 3 is 2.70 bits per heavy atom. The third-order valence-corrected chi connectivity index (χ3v) is 6.40. The summed E-state index contributed by atoms with van der Waals surface area (Å²) in [6.07, 6.45) is 7.83. The quantitative estimate of drug-likeness (QED) is 0.646. The summed E-state index contributed by atoms with van der Waals surface area (Å²) in [5, 5.41) is 3.83. The Morgan fingerprint density at radius 2 is 2.00 bits per heavy atom. The maximum atomic E-state index is 10.8. The van der Waals surface area contributed by atoms with Gasteiger partial charge in [-0.05, 0) is 43.2 Å². The summed E-state index contributed by atoms with van der Waals surface area (Å²) >= 11 is 0. The van der Waals surface area contributed by atoms with E-state index >= 15 is 0 Å². The highest BCUT2D eigenvalue weighted by atomic mass is 16.1. The number of piperidine rings is 1. The van der Waals surface area contributed by atoms with E-state index in [-0.39, 0.29) is 0 Å². The van der Waals surface area contributed by atoms with Gasteiger partial charge in [-0.15, -0.1) is 0 Å². The Labute approximate surface area is 139 Å². The molecule has 1 aliphatic carbocycles. The van der Waals surface area contributed by atoms with Crippen LogP contribution in [0, 0.1) is 5.92 Å². The smallest absolute Gasteiger partial charge is 0.150 e. The highest BCUT2D eigenvalue weighted by Crippen LogP contribution is 2.45. The molecule has 0 bridgehead atoms. The highest BCUT2D eigenvalue weighted by Gasteiger charge is 2.53. The van der Waals surface area contributed by atoms with Gasteiger partial charge >= 0.3 is 0 Å². The lowest BCUT2D eigenvalue weighted by Gasteiger charge is -2.24. The Bertz CT molecular complexity index is 549. The topological polar surface area (TPSA) is 32.1 Å². The maximum Gasteiger partial charge on any atom is 0.150 e. The van der Waals surface area contributed by atoms with Crippen LogP contribution in [0.15, 0.2) is 24.3 Å². The monoisotopic (exact) mass is 312 g/mol. The van der Waals surface area contributed by atoms with Crippen LogP contribution in [-0.4, -0.2) is 42.4 Å². The van der Waals surface area contributed by atoms with Crippen LogP contribution in [0.1, 0.15) is 60.9 Å². The van der Waals surface area contributed by atoms with Crippen LogP contribution in [0.2, 0.25) is 0 Å². The lowest BCUT2D eigenvalue weighted by molar-refractivity contribution is 0.112. The van der Waals surface area contributed by atoms with Crippen LogP contribution >= 0.6 is 0 Å². The summed E-state index contributed by atoms with van der Waals surface area (Å²) < 4.78 is 0. The summed E-state index contributed by atoms with van der Waals surface area (Å²) in [4.78, 5) is 13.5. The largest absolute Gasteiger partial charge is 0.314 e. The number of aldehydes is 1. The van der Waals surface area contributed by atoms with E-state index in [2.05, 4.69) is 29.3 Å². The van der Waals surface area contributed by atoms with Gasteiger partial charge in [0.05, 0.1) is 0 Å². The van der Waals surface area contributed by atoms with E-state index in [9.17, 15) is 4.79 Å².